The van der Waals surface area contributed by atoms with Crippen LogP contribution in [0.1, 0.15) is 23.5 Å². The van der Waals surface area contributed by atoms with Crippen molar-refractivity contribution in [3.05, 3.63) is 77.7 Å². The third-order valence-electron chi connectivity index (χ3n) is 5.18. The highest BCUT2D eigenvalue weighted by molar-refractivity contribution is 5.94. The lowest BCUT2D eigenvalue weighted by Crippen LogP contribution is -2.18. The van der Waals surface area contributed by atoms with Crippen LogP contribution >= 0.6 is 0 Å². The maximum absolute atomic E-state index is 13.1. The second-order valence-electron chi connectivity index (χ2n) is 7.42. The lowest BCUT2D eigenvalue weighted by atomic mass is 10.1. The van der Waals surface area contributed by atoms with Crippen molar-refractivity contribution in [3.8, 4) is 0 Å². The summed E-state index contributed by atoms with van der Waals surface area (Å²) >= 11 is 0. The minimum atomic E-state index is -0.257. The fraction of sp³-hybridized carbons (Fsp3) is 0.273. The van der Waals surface area contributed by atoms with E-state index in [0.29, 0.717) is 12.4 Å². The minimum absolute atomic E-state index is 0.0148. The molecule has 2 atom stereocenters. The Morgan fingerprint density at radius 3 is 2.54 bits per heavy atom. The standard InChI is InChI=1S/C22H23FN4O/c1-26(2)18-9-3-15(4-10-18)14-27-21(11-12-24-27)25-22(28)20-13-19(20)16-5-7-17(23)8-6-16/h3-12,19-20H,13-14H2,1-2H3,(H,25,28). The van der Waals surface area contributed by atoms with Crippen LogP contribution in [0.4, 0.5) is 15.9 Å². The summed E-state index contributed by atoms with van der Waals surface area (Å²) in [7, 11) is 4.01. The maximum atomic E-state index is 13.1. The Morgan fingerprint density at radius 2 is 1.86 bits per heavy atom. The van der Waals surface area contributed by atoms with Crippen molar-refractivity contribution in [1.29, 1.82) is 0 Å². The zero-order valence-electron chi connectivity index (χ0n) is 16.0. The Kier molecular flexibility index (Phi) is 4.86. The Bertz CT molecular complexity index is 963. The number of anilines is 2. The third kappa shape index (κ3) is 3.91. The number of aromatic nitrogens is 2. The summed E-state index contributed by atoms with van der Waals surface area (Å²) in [5, 5.41) is 7.33. The molecule has 1 N–H and O–H groups in total. The highest BCUT2D eigenvalue weighted by Crippen LogP contribution is 2.48. The van der Waals surface area contributed by atoms with E-state index in [9.17, 15) is 9.18 Å². The molecule has 28 heavy (non-hydrogen) atoms. The van der Waals surface area contributed by atoms with Crippen molar-refractivity contribution in [3.63, 3.8) is 0 Å². The van der Waals surface area contributed by atoms with E-state index in [-0.39, 0.29) is 23.6 Å². The second kappa shape index (κ2) is 7.46. The van der Waals surface area contributed by atoms with Crippen LogP contribution in [0.5, 0.6) is 0 Å². The van der Waals surface area contributed by atoms with Gasteiger partial charge in [-0.3, -0.25) is 4.79 Å². The quantitative estimate of drug-likeness (QED) is 0.708. The molecule has 1 aliphatic rings. The molecule has 4 rings (SSSR count). The molecule has 5 nitrogen and oxygen atoms in total. The average Bonchev–Trinajstić information content (AvgIpc) is 3.38. The second-order valence-corrected chi connectivity index (χ2v) is 7.42. The number of carbonyl (C=O) groups excluding carboxylic acids is 1. The van der Waals surface area contributed by atoms with Crippen LogP contribution in [0.2, 0.25) is 0 Å². The molecule has 2 aromatic carbocycles. The summed E-state index contributed by atoms with van der Waals surface area (Å²) < 4.78 is 14.9. The monoisotopic (exact) mass is 378 g/mol. The number of amides is 1. The molecular weight excluding hydrogens is 355 g/mol. The van der Waals surface area contributed by atoms with E-state index in [1.54, 1.807) is 29.1 Å². The molecule has 1 heterocycles. The highest BCUT2D eigenvalue weighted by atomic mass is 19.1. The van der Waals surface area contributed by atoms with Crippen LogP contribution < -0.4 is 10.2 Å². The Labute approximate surface area is 163 Å². The van der Waals surface area contributed by atoms with E-state index in [4.69, 9.17) is 0 Å². The number of benzene rings is 2. The molecule has 0 saturated heterocycles. The predicted molar refractivity (Wildman–Crippen MR) is 108 cm³/mol. The smallest absolute Gasteiger partial charge is 0.229 e. The number of hydrogen-bond donors (Lipinski definition) is 1. The first-order valence-electron chi connectivity index (χ1n) is 9.35. The fourth-order valence-corrected chi connectivity index (χ4v) is 3.42. The summed E-state index contributed by atoms with van der Waals surface area (Å²) in [5.74, 6) is 0.502. The van der Waals surface area contributed by atoms with Gasteiger partial charge in [0.2, 0.25) is 5.91 Å². The summed E-state index contributed by atoms with van der Waals surface area (Å²) in [4.78, 5) is 14.7. The van der Waals surface area contributed by atoms with Crippen molar-refractivity contribution >= 4 is 17.4 Å². The van der Waals surface area contributed by atoms with E-state index in [1.807, 2.05) is 14.1 Å². The Hall–Kier alpha value is -3.15. The Balaban J connectivity index is 1.39. The van der Waals surface area contributed by atoms with Gasteiger partial charge in [0, 0.05) is 31.8 Å². The highest BCUT2D eigenvalue weighted by Gasteiger charge is 2.44. The van der Waals surface area contributed by atoms with Crippen LogP contribution in [-0.4, -0.2) is 29.8 Å². The first kappa shape index (κ1) is 18.2. The first-order chi connectivity index (χ1) is 13.5. The summed E-state index contributed by atoms with van der Waals surface area (Å²) in [6.45, 7) is 0.586. The molecule has 1 aliphatic carbocycles. The summed E-state index contributed by atoms with van der Waals surface area (Å²) in [5.41, 5.74) is 3.26. The van der Waals surface area contributed by atoms with Gasteiger partial charge in [-0.25, -0.2) is 9.07 Å². The van der Waals surface area contributed by atoms with E-state index >= 15 is 0 Å². The van der Waals surface area contributed by atoms with E-state index in [1.165, 1.54) is 12.1 Å². The number of carbonyl (C=O) groups is 1. The normalized spacial score (nSPS) is 18.0. The van der Waals surface area contributed by atoms with Gasteiger partial charge in [-0.1, -0.05) is 24.3 Å². The zero-order chi connectivity index (χ0) is 19.7. The fourth-order valence-electron chi connectivity index (χ4n) is 3.42. The number of halogens is 1. The summed E-state index contributed by atoms with van der Waals surface area (Å²) in [6, 6.07) is 16.5. The van der Waals surface area contributed by atoms with Gasteiger partial charge in [0.05, 0.1) is 12.7 Å². The average molecular weight is 378 g/mol. The number of rotatable bonds is 6. The van der Waals surface area contributed by atoms with Gasteiger partial charge in [0.15, 0.2) is 0 Å². The van der Waals surface area contributed by atoms with Crippen LogP contribution in [0.3, 0.4) is 0 Å². The lowest BCUT2D eigenvalue weighted by molar-refractivity contribution is -0.117. The van der Waals surface area contributed by atoms with Gasteiger partial charge in [0.1, 0.15) is 11.6 Å². The molecule has 0 aliphatic heterocycles. The minimum Gasteiger partial charge on any atom is -0.378 e. The van der Waals surface area contributed by atoms with Gasteiger partial charge in [-0.15, -0.1) is 0 Å². The lowest BCUT2D eigenvalue weighted by Gasteiger charge is -2.13. The van der Waals surface area contributed by atoms with E-state index < -0.39 is 0 Å². The molecule has 144 valence electrons. The summed E-state index contributed by atoms with van der Waals surface area (Å²) in [6.07, 6.45) is 2.48. The van der Waals surface area contributed by atoms with Gasteiger partial charge in [-0.05, 0) is 47.7 Å². The maximum Gasteiger partial charge on any atom is 0.229 e. The molecule has 1 saturated carbocycles. The first-order valence-corrected chi connectivity index (χ1v) is 9.35. The number of nitrogens with one attached hydrogen (secondary N) is 1. The van der Waals surface area contributed by atoms with Crippen LogP contribution in [0.25, 0.3) is 0 Å². The molecular formula is C22H23FN4O. The molecule has 2 unspecified atom stereocenters. The number of nitrogens with zero attached hydrogens (tertiary/aromatic N) is 3. The van der Waals surface area contributed by atoms with Crippen molar-refractivity contribution in [1.82, 2.24) is 9.78 Å². The molecule has 0 radical (unpaired) electrons. The molecule has 0 bridgehead atoms. The van der Waals surface area contributed by atoms with Crippen LogP contribution in [0.15, 0.2) is 60.8 Å². The Morgan fingerprint density at radius 1 is 1.14 bits per heavy atom. The van der Waals surface area contributed by atoms with Gasteiger partial charge in [0.25, 0.3) is 0 Å². The van der Waals surface area contributed by atoms with Crippen molar-refractivity contribution in [2.45, 2.75) is 18.9 Å². The molecule has 1 aromatic heterocycles. The van der Waals surface area contributed by atoms with Crippen LogP contribution in [-0.2, 0) is 11.3 Å². The molecule has 1 fully saturated rings. The number of hydrogen-bond acceptors (Lipinski definition) is 3. The molecule has 1 amide bonds. The topological polar surface area (TPSA) is 50.2 Å². The third-order valence-corrected chi connectivity index (χ3v) is 5.18. The zero-order valence-corrected chi connectivity index (χ0v) is 16.0. The van der Waals surface area contributed by atoms with Gasteiger partial charge < -0.3 is 10.2 Å². The SMILES string of the molecule is CN(C)c1ccc(Cn2nccc2NC(=O)C2CC2c2ccc(F)cc2)cc1. The van der Waals surface area contributed by atoms with Crippen LogP contribution in [0, 0.1) is 11.7 Å². The molecule has 0 spiro atoms. The van der Waals surface area contributed by atoms with Gasteiger partial charge in [-0.2, -0.15) is 5.10 Å². The van der Waals surface area contributed by atoms with Crippen molar-refractivity contribution in [2.24, 2.45) is 5.92 Å². The predicted octanol–water partition coefficient (Wildman–Crippen LogP) is 3.88. The van der Waals surface area contributed by atoms with Crippen molar-refractivity contribution in [2.75, 3.05) is 24.3 Å². The van der Waals surface area contributed by atoms with Crippen molar-refractivity contribution < 1.29 is 9.18 Å². The molecule has 3 aromatic rings. The van der Waals surface area contributed by atoms with E-state index in [0.717, 1.165) is 23.2 Å². The molecule has 6 heteroatoms. The van der Waals surface area contributed by atoms with Gasteiger partial charge >= 0.3 is 0 Å². The largest absolute Gasteiger partial charge is 0.378 e. The van der Waals surface area contributed by atoms with E-state index in [2.05, 4.69) is 39.6 Å².